The average molecular weight is 265 g/mol. The molecule has 90 valence electrons. The Labute approximate surface area is 107 Å². The molecule has 1 aliphatic heterocycles. The number of fused-ring (bicyclic) bond motifs is 1. The van der Waals surface area contributed by atoms with Gasteiger partial charge in [-0.25, -0.2) is 9.78 Å². The van der Waals surface area contributed by atoms with Crippen molar-refractivity contribution in [2.45, 2.75) is 20.0 Å². The lowest BCUT2D eigenvalue weighted by Crippen LogP contribution is -2.07. The van der Waals surface area contributed by atoms with E-state index in [-0.39, 0.29) is 30.8 Å². The standard InChI is InChI=1S/C10H12N2O2.2ClH/c1-2-14-10(13)9-3-7-4-11-5-8(7)6-12-9;;/h3,6,11H,2,4-5H2,1H3;2*1H. The molecule has 0 amide bonds. The molecular formula is C10H14Cl2N2O2. The highest BCUT2D eigenvalue weighted by Gasteiger charge is 2.14. The van der Waals surface area contributed by atoms with Gasteiger partial charge in [0.05, 0.1) is 6.61 Å². The van der Waals surface area contributed by atoms with E-state index >= 15 is 0 Å². The number of carbonyl (C=O) groups excluding carboxylic acids is 1. The van der Waals surface area contributed by atoms with E-state index in [4.69, 9.17) is 4.74 Å². The minimum Gasteiger partial charge on any atom is -0.461 e. The van der Waals surface area contributed by atoms with Crippen molar-refractivity contribution in [1.82, 2.24) is 10.3 Å². The van der Waals surface area contributed by atoms with Crippen LogP contribution in [0.1, 0.15) is 28.5 Å². The molecule has 16 heavy (non-hydrogen) atoms. The van der Waals surface area contributed by atoms with Crippen LogP contribution in [-0.2, 0) is 17.8 Å². The van der Waals surface area contributed by atoms with Gasteiger partial charge in [-0.3, -0.25) is 0 Å². The SMILES string of the molecule is CCOC(=O)c1cc2c(cn1)CNC2.Cl.Cl. The van der Waals surface area contributed by atoms with Crippen LogP contribution in [0.2, 0.25) is 0 Å². The fourth-order valence-corrected chi connectivity index (χ4v) is 1.50. The molecule has 1 aromatic heterocycles. The lowest BCUT2D eigenvalue weighted by atomic mass is 10.1. The molecule has 0 saturated heterocycles. The highest BCUT2D eigenvalue weighted by Crippen LogP contribution is 2.15. The van der Waals surface area contributed by atoms with E-state index in [0.29, 0.717) is 12.3 Å². The number of ether oxygens (including phenoxy) is 1. The number of carbonyl (C=O) groups is 1. The molecule has 0 aromatic carbocycles. The van der Waals surface area contributed by atoms with Crippen LogP contribution in [0.15, 0.2) is 12.3 Å². The Morgan fingerprint density at radius 3 is 2.81 bits per heavy atom. The predicted molar refractivity (Wildman–Crippen MR) is 65.2 cm³/mol. The van der Waals surface area contributed by atoms with Crippen LogP contribution in [0, 0.1) is 0 Å². The Hall–Kier alpha value is -0.840. The van der Waals surface area contributed by atoms with Crippen molar-refractivity contribution in [3.05, 3.63) is 29.1 Å². The van der Waals surface area contributed by atoms with E-state index in [1.165, 1.54) is 0 Å². The van der Waals surface area contributed by atoms with Crippen LogP contribution in [-0.4, -0.2) is 17.6 Å². The van der Waals surface area contributed by atoms with Crippen LogP contribution in [0.3, 0.4) is 0 Å². The molecule has 0 unspecified atom stereocenters. The van der Waals surface area contributed by atoms with Gasteiger partial charge in [-0.2, -0.15) is 0 Å². The van der Waals surface area contributed by atoms with E-state index in [9.17, 15) is 4.79 Å². The number of hydrogen-bond donors (Lipinski definition) is 1. The van der Waals surface area contributed by atoms with Crippen LogP contribution in [0.5, 0.6) is 0 Å². The molecule has 0 radical (unpaired) electrons. The molecule has 2 heterocycles. The number of pyridine rings is 1. The maximum Gasteiger partial charge on any atom is 0.356 e. The van der Waals surface area contributed by atoms with E-state index in [1.54, 1.807) is 19.2 Å². The fraction of sp³-hybridized carbons (Fsp3) is 0.400. The van der Waals surface area contributed by atoms with E-state index in [2.05, 4.69) is 10.3 Å². The van der Waals surface area contributed by atoms with Crippen LogP contribution in [0.4, 0.5) is 0 Å². The third-order valence-corrected chi connectivity index (χ3v) is 2.20. The van der Waals surface area contributed by atoms with Crippen LogP contribution in [0.25, 0.3) is 0 Å². The summed E-state index contributed by atoms with van der Waals surface area (Å²) < 4.78 is 4.87. The Bertz CT molecular complexity index is 372. The quantitative estimate of drug-likeness (QED) is 0.827. The van der Waals surface area contributed by atoms with Gasteiger partial charge < -0.3 is 10.1 Å². The monoisotopic (exact) mass is 264 g/mol. The van der Waals surface area contributed by atoms with Gasteiger partial charge in [0, 0.05) is 19.3 Å². The van der Waals surface area contributed by atoms with E-state index in [1.807, 2.05) is 0 Å². The van der Waals surface area contributed by atoms with Gasteiger partial charge >= 0.3 is 5.97 Å². The normalized spacial score (nSPS) is 12.1. The highest BCUT2D eigenvalue weighted by molar-refractivity contribution is 5.87. The number of halogens is 2. The number of aromatic nitrogens is 1. The zero-order valence-electron chi connectivity index (χ0n) is 8.86. The van der Waals surface area contributed by atoms with Crippen LogP contribution < -0.4 is 5.32 Å². The molecule has 2 rings (SSSR count). The van der Waals surface area contributed by atoms with Gasteiger partial charge in [0.1, 0.15) is 5.69 Å². The summed E-state index contributed by atoms with van der Waals surface area (Å²) >= 11 is 0. The Morgan fingerprint density at radius 2 is 2.12 bits per heavy atom. The largest absolute Gasteiger partial charge is 0.461 e. The number of nitrogens with one attached hydrogen (secondary N) is 1. The lowest BCUT2D eigenvalue weighted by molar-refractivity contribution is 0.0519. The molecule has 4 nitrogen and oxygen atoms in total. The summed E-state index contributed by atoms with van der Waals surface area (Å²) in [4.78, 5) is 15.4. The Kier molecular flexibility index (Phi) is 6.33. The fourth-order valence-electron chi connectivity index (χ4n) is 1.50. The predicted octanol–water partition coefficient (Wildman–Crippen LogP) is 1.71. The molecule has 0 bridgehead atoms. The van der Waals surface area contributed by atoms with E-state index < -0.39 is 0 Å². The zero-order valence-corrected chi connectivity index (χ0v) is 10.5. The van der Waals surface area contributed by atoms with Gasteiger partial charge in [0.15, 0.2) is 0 Å². The third-order valence-electron chi connectivity index (χ3n) is 2.20. The second-order valence-corrected chi connectivity index (χ2v) is 3.16. The summed E-state index contributed by atoms with van der Waals surface area (Å²) in [5, 5.41) is 3.19. The van der Waals surface area contributed by atoms with Crippen molar-refractivity contribution in [1.29, 1.82) is 0 Å². The first-order valence-electron chi connectivity index (χ1n) is 4.67. The van der Waals surface area contributed by atoms with Gasteiger partial charge in [0.2, 0.25) is 0 Å². The molecule has 0 aliphatic carbocycles. The van der Waals surface area contributed by atoms with E-state index in [0.717, 1.165) is 24.2 Å². The number of esters is 1. The maximum absolute atomic E-state index is 11.3. The summed E-state index contributed by atoms with van der Waals surface area (Å²) in [7, 11) is 0. The minimum absolute atomic E-state index is 0. The van der Waals surface area contributed by atoms with Gasteiger partial charge in [-0.1, -0.05) is 0 Å². The number of rotatable bonds is 2. The van der Waals surface area contributed by atoms with Crippen molar-refractivity contribution < 1.29 is 9.53 Å². The molecule has 0 saturated carbocycles. The number of hydrogen-bond acceptors (Lipinski definition) is 4. The van der Waals surface area contributed by atoms with Crippen molar-refractivity contribution in [3.8, 4) is 0 Å². The van der Waals surface area contributed by atoms with Gasteiger partial charge in [0.25, 0.3) is 0 Å². The van der Waals surface area contributed by atoms with Gasteiger partial charge in [-0.15, -0.1) is 24.8 Å². The summed E-state index contributed by atoms with van der Waals surface area (Å²) in [5.74, 6) is -0.345. The molecule has 0 spiro atoms. The average Bonchev–Trinajstić information content (AvgIpc) is 2.64. The first kappa shape index (κ1) is 15.2. The summed E-state index contributed by atoms with van der Waals surface area (Å²) in [6.45, 7) is 3.82. The topological polar surface area (TPSA) is 51.2 Å². The second kappa shape index (κ2) is 6.68. The first-order chi connectivity index (χ1) is 6.81. The Morgan fingerprint density at radius 1 is 1.44 bits per heavy atom. The molecule has 1 N–H and O–H groups in total. The van der Waals surface area contributed by atoms with Crippen LogP contribution >= 0.6 is 24.8 Å². The minimum atomic E-state index is -0.345. The molecule has 0 atom stereocenters. The summed E-state index contributed by atoms with van der Waals surface area (Å²) in [6, 6.07) is 1.80. The summed E-state index contributed by atoms with van der Waals surface area (Å²) in [6.07, 6.45) is 1.74. The van der Waals surface area contributed by atoms with Crippen molar-refractivity contribution >= 4 is 30.8 Å². The Balaban J connectivity index is 0.00000112. The third kappa shape index (κ3) is 3.07. The highest BCUT2D eigenvalue weighted by atomic mass is 35.5. The molecule has 1 aromatic rings. The summed E-state index contributed by atoms with van der Waals surface area (Å²) in [5.41, 5.74) is 2.70. The molecule has 6 heteroatoms. The molecular weight excluding hydrogens is 251 g/mol. The lowest BCUT2D eigenvalue weighted by Gasteiger charge is -2.02. The maximum atomic E-state index is 11.3. The molecule has 1 aliphatic rings. The second-order valence-electron chi connectivity index (χ2n) is 3.16. The number of nitrogens with zero attached hydrogens (tertiary/aromatic N) is 1. The van der Waals surface area contributed by atoms with Crippen molar-refractivity contribution in [2.24, 2.45) is 0 Å². The first-order valence-corrected chi connectivity index (χ1v) is 4.67. The van der Waals surface area contributed by atoms with Crippen molar-refractivity contribution in [3.63, 3.8) is 0 Å². The van der Waals surface area contributed by atoms with Gasteiger partial charge in [-0.05, 0) is 24.1 Å². The van der Waals surface area contributed by atoms with Crippen molar-refractivity contribution in [2.75, 3.05) is 6.61 Å². The molecule has 0 fully saturated rings. The zero-order chi connectivity index (χ0) is 9.97. The smallest absolute Gasteiger partial charge is 0.356 e.